The third-order valence-electron chi connectivity index (χ3n) is 4.19. The average Bonchev–Trinajstić information content (AvgIpc) is 2.65. The Morgan fingerprint density at radius 1 is 1.07 bits per heavy atom. The maximum Gasteiger partial charge on any atom is 0.337 e. The highest BCUT2D eigenvalue weighted by Gasteiger charge is 2.32. The van der Waals surface area contributed by atoms with Crippen LogP contribution in [0.2, 0.25) is 0 Å². The van der Waals surface area contributed by atoms with Gasteiger partial charge in [-0.25, -0.2) is 4.79 Å². The van der Waals surface area contributed by atoms with Crippen molar-refractivity contribution in [3.05, 3.63) is 65.7 Å². The Balaban J connectivity index is 2.23. The zero-order valence-electron chi connectivity index (χ0n) is 15.7. The van der Waals surface area contributed by atoms with E-state index in [0.29, 0.717) is 17.2 Å². The first kappa shape index (κ1) is 20.5. The van der Waals surface area contributed by atoms with Gasteiger partial charge in [-0.1, -0.05) is 56.3 Å². The highest BCUT2D eigenvalue weighted by molar-refractivity contribution is 5.84. The van der Waals surface area contributed by atoms with Crippen LogP contribution in [0.5, 0.6) is 5.75 Å². The van der Waals surface area contributed by atoms with Crippen LogP contribution in [-0.4, -0.2) is 34.2 Å². The second-order valence-corrected chi connectivity index (χ2v) is 6.93. The molecule has 0 spiro atoms. The predicted molar refractivity (Wildman–Crippen MR) is 102 cm³/mol. The number of carboxylic acid groups (broad SMARTS) is 1. The Kier molecular flexibility index (Phi) is 6.58. The lowest BCUT2D eigenvalue weighted by molar-refractivity contribution is -0.156. The molecule has 1 amide bonds. The number of hydrogen-bond acceptors (Lipinski definition) is 4. The zero-order valence-corrected chi connectivity index (χ0v) is 15.7. The molecule has 2 atom stereocenters. The van der Waals surface area contributed by atoms with Crippen molar-refractivity contribution in [2.45, 2.75) is 38.4 Å². The summed E-state index contributed by atoms with van der Waals surface area (Å²) in [4.78, 5) is 23.7. The van der Waals surface area contributed by atoms with Crippen LogP contribution in [0.4, 0.5) is 0 Å². The van der Waals surface area contributed by atoms with E-state index in [-0.39, 0.29) is 0 Å². The van der Waals surface area contributed by atoms with Gasteiger partial charge in [-0.2, -0.15) is 0 Å². The van der Waals surface area contributed by atoms with Crippen LogP contribution in [-0.2, 0) is 9.59 Å². The molecule has 0 saturated heterocycles. The van der Waals surface area contributed by atoms with Crippen molar-refractivity contribution in [2.75, 3.05) is 6.54 Å². The topological polar surface area (TPSA) is 95.9 Å². The van der Waals surface area contributed by atoms with Crippen molar-refractivity contribution < 1.29 is 24.5 Å². The molecule has 0 saturated carbocycles. The number of amides is 1. The third kappa shape index (κ3) is 5.56. The quantitative estimate of drug-likeness (QED) is 0.663. The first-order valence-electron chi connectivity index (χ1n) is 8.76. The lowest BCUT2D eigenvalue weighted by atomic mass is 10.0. The summed E-state index contributed by atoms with van der Waals surface area (Å²) in [5, 5.41) is 21.3. The minimum absolute atomic E-state index is 0.309. The minimum atomic E-state index is -2.06. The molecule has 6 heteroatoms. The van der Waals surface area contributed by atoms with Crippen LogP contribution in [0.15, 0.2) is 54.6 Å². The van der Waals surface area contributed by atoms with Gasteiger partial charge < -0.3 is 20.3 Å². The van der Waals surface area contributed by atoms with Crippen molar-refractivity contribution in [1.82, 2.24) is 5.32 Å². The molecule has 0 aliphatic rings. The Bertz CT molecular complexity index is 786. The summed E-state index contributed by atoms with van der Waals surface area (Å²) in [7, 11) is 0. The summed E-state index contributed by atoms with van der Waals surface area (Å²) in [5.74, 6) is -1.10. The van der Waals surface area contributed by atoms with E-state index >= 15 is 0 Å². The van der Waals surface area contributed by atoms with E-state index in [9.17, 15) is 14.7 Å². The van der Waals surface area contributed by atoms with Gasteiger partial charge in [0.05, 0.1) is 6.54 Å². The molecule has 6 nitrogen and oxygen atoms in total. The number of aliphatic carboxylic acids is 1. The van der Waals surface area contributed by atoms with Crippen LogP contribution in [0.25, 0.3) is 0 Å². The summed E-state index contributed by atoms with van der Waals surface area (Å²) in [6.45, 7) is 4.82. The molecule has 0 bridgehead atoms. The number of carboxylic acids is 1. The maximum atomic E-state index is 12.7. The normalized spacial score (nSPS) is 14.3. The molecule has 0 radical (unpaired) electrons. The number of ether oxygens (including phenoxy) is 1. The first-order chi connectivity index (χ1) is 12.7. The third-order valence-corrected chi connectivity index (χ3v) is 4.19. The zero-order chi connectivity index (χ0) is 20.0. The summed E-state index contributed by atoms with van der Waals surface area (Å²) >= 11 is 0. The van der Waals surface area contributed by atoms with Crippen molar-refractivity contribution in [2.24, 2.45) is 0 Å². The summed E-state index contributed by atoms with van der Waals surface area (Å²) in [6, 6.07) is 16.4. The van der Waals surface area contributed by atoms with E-state index in [0.717, 1.165) is 12.5 Å². The molecule has 2 aromatic rings. The van der Waals surface area contributed by atoms with Crippen molar-refractivity contribution in [3.63, 3.8) is 0 Å². The van der Waals surface area contributed by atoms with E-state index in [1.54, 1.807) is 30.3 Å². The largest absolute Gasteiger partial charge is 0.479 e. The number of rotatable bonds is 8. The SMILES string of the molecule is CC(C)c1cccc(OC(C(=O)NCC(C)(O)C(=O)O)c2ccccc2)c1. The van der Waals surface area contributed by atoms with E-state index in [4.69, 9.17) is 9.84 Å². The molecule has 0 aliphatic carbocycles. The molecule has 2 rings (SSSR count). The Morgan fingerprint density at radius 3 is 2.30 bits per heavy atom. The van der Waals surface area contributed by atoms with Gasteiger partial charge in [0.15, 0.2) is 5.60 Å². The highest BCUT2D eigenvalue weighted by Crippen LogP contribution is 2.26. The number of benzene rings is 2. The van der Waals surface area contributed by atoms with E-state index in [1.807, 2.05) is 24.3 Å². The smallest absolute Gasteiger partial charge is 0.337 e. The van der Waals surface area contributed by atoms with Crippen LogP contribution < -0.4 is 10.1 Å². The maximum absolute atomic E-state index is 12.7. The Hall–Kier alpha value is -2.86. The molecule has 2 aromatic carbocycles. The van der Waals surface area contributed by atoms with Crippen LogP contribution in [0.1, 0.15) is 43.9 Å². The number of carbonyl (C=O) groups excluding carboxylic acids is 1. The van der Waals surface area contributed by atoms with Gasteiger partial charge in [-0.05, 0) is 30.5 Å². The number of hydrogen-bond donors (Lipinski definition) is 3. The molecule has 0 aliphatic heterocycles. The molecule has 0 aromatic heterocycles. The predicted octanol–water partition coefficient (Wildman–Crippen LogP) is 2.88. The molecule has 27 heavy (non-hydrogen) atoms. The van der Waals surface area contributed by atoms with Gasteiger partial charge in [0.1, 0.15) is 5.75 Å². The molecule has 0 heterocycles. The molecular formula is C21H25NO5. The first-order valence-corrected chi connectivity index (χ1v) is 8.76. The van der Waals surface area contributed by atoms with Crippen LogP contribution >= 0.6 is 0 Å². The standard InChI is InChI=1S/C21H25NO5/c1-14(2)16-10-7-11-17(12-16)27-18(15-8-5-4-6-9-15)19(23)22-13-21(3,26)20(24)25/h4-12,14,18,26H,13H2,1-3H3,(H,22,23)(H,24,25). The molecule has 144 valence electrons. The fourth-order valence-electron chi connectivity index (χ4n) is 2.41. The van der Waals surface area contributed by atoms with E-state index < -0.39 is 30.1 Å². The van der Waals surface area contributed by atoms with Crippen molar-refractivity contribution in [1.29, 1.82) is 0 Å². The highest BCUT2D eigenvalue weighted by atomic mass is 16.5. The molecular weight excluding hydrogens is 346 g/mol. The number of carbonyl (C=O) groups is 2. The second kappa shape index (κ2) is 8.68. The summed E-state index contributed by atoms with van der Waals surface area (Å²) in [5.41, 5.74) is -0.359. The monoisotopic (exact) mass is 371 g/mol. The lowest BCUT2D eigenvalue weighted by Gasteiger charge is -2.23. The fourth-order valence-corrected chi connectivity index (χ4v) is 2.41. The lowest BCUT2D eigenvalue weighted by Crippen LogP contribution is -2.48. The van der Waals surface area contributed by atoms with Gasteiger partial charge in [-0.3, -0.25) is 4.79 Å². The summed E-state index contributed by atoms with van der Waals surface area (Å²) < 4.78 is 5.94. The second-order valence-electron chi connectivity index (χ2n) is 6.93. The van der Waals surface area contributed by atoms with E-state index in [1.165, 1.54) is 0 Å². The molecule has 2 unspecified atom stereocenters. The Morgan fingerprint density at radius 2 is 1.70 bits per heavy atom. The number of nitrogens with one attached hydrogen (secondary N) is 1. The molecule has 3 N–H and O–H groups in total. The van der Waals surface area contributed by atoms with Gasteiger partial charge >= 0.3 is 5.97 Å². The van der Waals surface area contributed by atoms with Gasteiger partial charge in [-0.15, -0.1) is 0 Å². The Labute approximate surface area is 158 Å². The number of aliphatic hydroxyl groups is 1. The van der Waals surface area contributed by atoms with Gasteiger partial charge in [0.25, 0.3) is 5.91 Å². The van der Waals surface area contributed by atoms with Crippen LogP contribution in [0, 0.1) is 0 Å². The molecule has 0 fully saturated rings. The van der Waals surface area contributed by atoms with Gasteiger partial charge in [0, 0.05) is 5.56 Å². The van der Waals surface area contributed by atoms with E-state index in [2.05, 4.69) is 19.2 Å². The summed E-state index contributed by atoms with van der Waals surface area (Å²) in [6.07, 6.45) is -0.974. The van der Waals surface area contributed by atoms with Crippen LogP contribution in [0.3, 0.4) is 0 Å². The fraction of sp³-hybridized carbons (Fsp3) is 0.333. The van der Waals surface area contributed by atoms with Crippen molar-refractivity contribution in [3.8, 4) is 5.75 Å². The average molecular weight is 371 g/mol. The van der Waals surface area contributed by atoms with Gasteiger partial charge in [0.2, 0.25) is 6.10 Å². The minimum Gasteiger partial charge on any atom is -0.479 e. The van der Waals surface area contributed by atoms with Crippen molar-refractivity contribution >= 4 is 11.9 Å².